The summed E-state index contributed by atoms with van der Waals surface area (Å²) in [6, 6.07) is 6.56. The third-order valence-electron chi connectivity index (χ3n) is 3.57. The van der Waals surface area contributed by atoms with Gasteiger partial charge < -0.3 is 10.3 Å². The summed E-state index contributed by atoms with van der Waals surface area (Å²) in [6.07, 6.45) is 5.75. The van der Waals surface area contributed by atoms with Crippen molar-refractivity contribution in [3.63, 3.8) is 0 Å². The van der Waals surface area contributed by atoms with E-state index in [-0.39, 0.29) is 0 Å². The Hall–Kier alpha value is -1.35. The quantitative estimate of drug-likeness (QED) is 0.774. The minimum atomic E-state index is 0.733. The molecule has 3 heteroatoms. The standard InChI is InChI=1S/C16H25N3/c1-3-4-5-11-19-15-9-8-13(2)12-14(15)18-16(19)7-6-10-17/h8-9,12H,3-7,10-11,17H2,1-2H3. The lowest BCUT2D eigenvalue weighted by atomic mass is 10.2. The molecule has 2 aromatic rings. The van der Waals surface area contributed by atoms with Crippen LogP contribution in [0.2, 0.25) is 0 Å². The lowest BCUT2D eigenvalue weighted by Gasteiger charge is -2.08. The van der Waals surface area contributed by atoms with Gasteiger partial charge in [-0.1, -0.05) is 25.8 Å². The molecule has 0 atom stereocenters. The summed E-state index contributed by atoms with van der Waals surface area (Å²) in [6.45, 7) is 6.17. The Morgan fingerprint density at radius 2 is 2.05 bits per heavy atom. The Morgan fingerprint density at radius 1 is 1.21 bits per heavy atom. The van der Waals surface area contributed by atoms with E-state index in [9.17, 15) is 0 Å². The van der Waals surface area contributed by atoms with Crippen molar-refractivity contribution < 1.29 is 0 Å². The predicted molar refractivity (Wildman–Crippen MR) is 81.4 cm³/mol. The lowest BCUT2D eigenvalue weighted by molar-refractivity contribution is 0.585. The number of aryl methyl sites for hydroxylation is 3. The third kappa shape index (κ3) is 3.35. The van der Waals surface area contributed by atoms with Crippen molar-refractivity contribution in [1.82, 2.24) is 9.55 Å². The van der Waals surface area contributed by atoms with Crippen molar-refractivity contribution in [2.75, 3.05) is 6.54 Å². The molecule has 1 aromatic carbocycles. The van der Waals surface area contributed by atoms with E-state index in [2.05, 4.69) is 36.6 Å². The van der Waals surface area contributed by atoms with E-state index in [0.29, 0.717) is 0 Å². The second kappa shape index (κ2) is 6.71. The normalized spacial score (nSPS) is 11.3. The van der Waals surface area contributed by atoms with E-state index >= 15 is 0 Å². The number of nitrogens with zero attached hydrogens (tertiary/aromatic N) is 2. The number of rotatable bonds is 7. The molecular weight excluding hydrogens is 234 g/mol. The van der Waals surface area contributed by atoms with E-state index < -0.39 is 0 Å². The van der Waals surface area contributed by atoms with Crippen LogP contribution in [0.15, 0.2) is 18.2 Å². The van der Waals surface area contributed by atoms with Gasteiger partial charge in [0.25, 0.3) is 0 Å². The summed E-state index contributed by atoms with van der Waals surface area (Å²) in [5.74, 6) is 1.20. The molecule has 0 aliphatic carbocycles. The first-order chi connectivity index (χ1) is 9.26. The van der Waals surface area contributed by atoms with E-state index in [1.165, 1.54) is 36.2 Å². The SMILES string of the molecule is CCCCCn1c(CCCN)nc2cc(C)ccc21. The van der Waals surface area contributed by atoms with Crippen LogP contribution in [0, 0.1) is 6.92 Å². The van der Waals surface area contributed by atoms with Crippen molar-refractivity contribution in [2.45, 2.75) is 52.5 Å². The van der Waals surface area contributed by atoms with E-state index in [0.717, 1.165) is 31.4 Å². The summed E-state index contributed by atoms with van der Waals surface area (Å²) < 4.78 is 2.39. The lowest BCUT2D eigenvalue weighted by Crippen LogP contribution is -2.07. The number of imidazole rings is 1. The molecule has 0 aliphatic heterocycles. The molecule has 0 aliphatic rings. The first kappa shape index (κ1) is 14.1. The van der Waals surface area contributed by atoms with Crippen molar-refractivity contribution in [1.29, 1.82) is 0 Å². The molecule has 1 aromatic heterocycles. The fraction of sp³-hybridized carbons (Fsp3) is 0.562. The summed E-state index contributed by atoms with van der Waals surface area (Å²) >= 11 is 0. The zero-order valence-electron chi connectivity index (χ0n) is 12.2. The second-order valence-corrected chi connectivity index (χ2v) is 5.27. The Balaban J connectivity index is 2.31. The highest BCUT2D eigenvalue weighted by Crippen LogP contribution is 2.19. The maximum absolute atomic E-state index is 5.63. The van der Waals surface area contributed by atoms with Gasteiger partial charge in [-0.25, -0.2) is 4.98 Å². The largest absolute Gasteiger partial charge is 0.330 e. The number of hydrogen-bond acceptors (Lipinski definition) is 2. The molecule has 0 fully saturated rings. The molecule has 0 radical (unpaired) electrons. The topological polar surface area (TPSA) is 43.8 Å². The number of unbranched alkanes of at least 4 members (excludes halogenated alkanes) is 2. The van der Waals surface area contributed by atoms with Crippen LogP contribution < -0.4 is 5.73 Å². The van der Waals surface area contributed by atoms with Crippen LogP contribution in [-0.2, 0) is 13.0 Å². The number of benzene rings is 1. The van der Waals surface area contributed by atoms with Gasteiger partial charge in [0.15, 0.2) is 0 Å². The minimum Gasteiger partial charge on any atom is -0.330 e. The average Bonchev–Trinajstić information content (AvgIpc) is 2.74. The first-order valence-corrected chi connectivity index (χ1v) is 7.42. The van der Waals surface area contributed by atoms with Crippen LogP contribution in [0.3, 0.4) is 0 Å². The first-order valence-electron chi connectivity index (χ1n) is 7.42. The van der Waals surface area contributed by atoms with Crippen LogP contribution in [0.4, 0.5) is 0 Å². The molecule has 3 nitrogen and oxygen atoms in total. The minimum absolute atomic E-state index is 0.733. The predicted octanol–water partition coefficient (Wildman–Crippen LogP) is 3.43. The van der Waals surface area contributed by atoms with Gasteiger partial charge >= 0.3 is 0 Å². The van der Waals surface area contributed by atoms with Crippen molar-refractivity contribution >= 4 is 11.0 Å². The van der Waals surface area contributed by atoms with Gasteiger partial charge in [0.2, 0.25) is 0 Å². The number of nitrogens with two attached hydrogens (primary N) is 1. The zero-order valence-corrected chi connectivity index (χ0v) is 12.2. The fourth-order valence-corrected chi connectivity index (χ4v) is 2.51. The molecule has 0 spiro atoms. The monoisotopic (exact) mass is 259 g/mol. The van der Waals surface area contributed by atoms with Crippen molar-refractivity contribution in [2.24, 2.45) is 5.73 Å². The second-order valence-electron chi connectivity index (χ2n) is 5.27. The van der Waals surface area contributed by atoms with Gasteiger partial charge in [-0.05, 0) is 44.0 Å². The average molecular weight is 259 g/mol. The number of fused-ring (bicyclic) bond motifs is 1. The Kier molecular flexibility index (Phi) is 4.97. The van der Waals surface area contributed by atoms with Crippen molar-refractivity contribution in [3.8, 4) is 0 Å². The summed E-state index contributed by atoms with van der Waals surface area (Å²) in [5.41, 5.74) is 9.30. The molecule has 2 rings (SSSR count). The van der Waals surface area contributed by atoms with Crippen LogP contribution in [-0.4, -0.2) is 16.1 Å². The maximum Gasteiger partial charge on any atom is 0.109 e. The van der Waals surface area contributed by atoms with Crippen LogP contribution in [0.25, 0.3) is 11.0 Å². The fourth-order valence-electron chi connectivity index (χ4n) is 2.51. The van der Waals surface area contributed by atoms with Crippen molar-refractivity contribution in [3.05, 3.63) is 29.6 Å². The van der Waals surface area contributed by atoms with Gasteiger partial charge in [-0.2, -0.15) is 0 Å². The Bertz CT molecular complexity index is 528. The smallest absolute Gasteiger partial charge is 0.109 e. The molecule has 0 saturated heterocycles. The van der Waals surface area contributed by atoms with Crippen LogP contribution in [0.1, 0.15) is 44.0 Å². The van der Waals surface area contributed by atoms with Gasteiger partial charge in [0, 0.05) is 13.0 Å². The van der Waals surface area contributed by atoms with E-state index in [1.807, 2.05) is 0 Å². The van der Waals surface area contributed by atoms with Gasteiger partial charge in [0.05, 0.1) is 11.0 Å². The van der Waals surface area contributed by atoms with Crippen LogP contribution in [0.5, 0.6) is 0 Å². The highest BCUT2D eigenvalue weighted by atomic mass is 15.1. The number of hydrogen-bond donors (Lipinski definition) is 1. The maximum atomic E-state index is 5.63. The molecule has 0 saturated carbocycles. The number of aromatic nitrogens is 2. The van der Waals surface area contributed by atoms with Gasteiger partial charge in [0.1, 0.15) is 5.82 Å². The third-order valence-corrected chi connectivity index (χ3v) is 3.57. The zero-order chi connectivity index (χ0) is 13.7. The molecule has 0 amide bonds. The summed E-state index contributed by atoms with van der Waals surface area (Å²) in [5, 5.41) is 0. The van der Waals surface area contributed by atoms with E-state index in [4.69, 9.17) is 10.7 Å². The van der Waals surface area contributed by atoms with Crippen LogP contribution >= 0.6 is 0 Å². The van der Waals surface area contributed by atoms with Gasteiger partial charge in [-0.3, -0.25) is 0 Å². The Morgan fingerprint density at radius 3 is 2.79 bits per heavy atom. The summed E-state index contributed by atoms with van der Waals surface area (Å²) in [7, 11) is 0. The summed E-state index contributed by atoms with van der Waals surface area (Å²) in [4.78, 5) is 4.80. The highest BCUT2D eigenvalue weighted by molar-refractivity contribution is 5.76. The molecule has 19 heavy (non-hydrogen) atoms. The molecule has 2 N–H and O–H groups in total. The molecule has 1 heterocycles. The molecule has 0 bridgehead atoms. The molecule has 104 valence electrons. The molecular formula is C16H25N3. The van der Waals surface area contributed by atoms with E-state index in [1.54, 1.807) is 0 Å². The highest BCUT2D eigenvalue weighted by Gasteiger charge is 2.10. The Labute approximate surface area is 115 Å². The van der Waals surface area contributed by atoms with Gasteiger partial charge in [-0.15, -0.1) is 0 Å². The molecule has 0 unspecified atom stereocenters.